The van der Waals surface area contributed by atoms with Gasteiger partial charge in [0.2, 0.25) is 0 Å². The second kappa shape index (κ2) is 6.49. The average molecular weight is 305 g/mol. The number of carbonyl (C=O) groups is 2. The van der Waals surface area contributed by atoms with E-state index in [0.717, 1.165) is 28.6 Å². The zero-order chi connectivity index (χ0) is 15.4. The molecule has 1 saturated heterocycles. The maximum absolute atomic E-state index is 11.4. The smallest absolute Gasteiger partial charge is 0.290 e. The number of ether oxygens (including phenoxy) is 2. The summed E-state index contributed by atoms with van der Waals surface area (Å²) in [5, 5.41) is 1.85. The molecule has 1 aromatic carbocycles. The van der Waals surface area contributed by atoms with E-state index in [0.29, 0.717) is 10.7 Å². The maximum atomic E-state index is 11.4. The first-order valence-electron chi connectivity index (χ1n) is 6.20. The van der Waals surface area contributed by atoms with Crippen molar-refractivity contribution in [1.82, 2.24) is 5.32 Å². The standard InChI is InChI=1S/C15H15NO4S/c1-9-11(19-2)8-7-10(13(9)20-3)5-4-6-12-14(17)16-15(18)21-12/h4-8H,1-3H3,(H,16,17,18). The lowest BCUT2D eigenvalue weighted by Crippen LogP contribution is -2.17. The summed E-state index contributed by atoms with van der Waals surface area (Å²) in [6, 6.07) is 3.72. The van der Waals surface area contributed by atoms with Crippen molar-refractivity contribution in [1.29, 1.82) is 0 Å². The fourth-order valence-corrected chi connectivity index (χ4v) is 2.63. The van der Waals surface area contributed by atoms with Gasteiger partial charge in [-0.2, -0.15) is 0 Å². The highest BCUT2D eigenvalue weighted by molar-refractivity contribution is 8.18. The van der Waals surface area contributed by atoms with Gasteiger partial charge in [-0.3, -0.25) is 14.9 Å². The molecule has 6 heteroatoms. The Balaban J connectivity index is 2.26. The number of methoxy groups -OCH3 is 2. The maximum Gasteiger partial charge on any atom is 0.290 e. The Hall–Kier alpha value is -2.21. The van der Waals surface area contributed by atoms with Gasteiger partial charge in [-0.15, -0.1) is 0 Å². The van der Waals surface area contributed by atoms with Crippen LogP contribution in [0.1, 0.15) is 11.1 Å². The van der Waals surface area contributed by atoms with Gasteiger partial charge in [-0.1, -0.05) is 12.2 Å². The van der Waals surface area contributed by atoms with E-state index in [-0.39, 0.29) is 11.1 Å². The van der Waals surface area contributed by atoms with Gasteiger partial charge in [0.15, 0.2) is 0 Å². The van der Waals surface area contributed by atoms with Gasteiger partial charge in [-0.05, 0) is 36.9 Å². The largest absolute Gasteiger partial charge is 0.496 e. The molecule has 0 radical (unpaired) electrons. The van der Waals surface area contributed by atoms with Crippen LogP contribution in [-0.4, -0.2) is 25.4 Å². The number of hydrogen-bond donors (Lipinski definition) is 1. The lowest BCUT2D eigenvalue weighted by molar-refractivity contribution is -0.115. The monoisotopic (exact) mass is 305 g/mol. The van der Waals surface area contributed by atoms with Gasteiger partial charge in [0.1, 0.15) is 11.5 Å². The predicted octanol–water partition coefficient (Wildman–Crippen LogP) is 2.89. The lowest BCUT2D eigenvalue weighted by atomic mass is 10.1. The molecule has 0 aliphatic carbocycles. The van der Waals surface area contributed by atoms with Gasteiger partial charge in [0, 0.05) is 11.1 Å². The number of imide groups is 1. The van der Waals surface area contributed by atoms with Crippen LogP contribution in [0.3, 0.4) is 0 Å². The van der Waals surface area contributed by atoms with Gasteiger partial charge in [0.05, 0.1) is 19.1 Å². The molecular weight excluding hydrogens is 290 g/mol. The van der Waals surface area contributed by atoms with Crippen LogP contribution in [0.25, 0.3) is 6.08 Å². The summed E-state index contributed by atoms with van der Waals surface area (Å²) in [4.78, 5) is 22.8. The number of benzene rings is 1. The first kappa shape index (κ1) is 15.2. The Morgan fingerprint density at radius 3 is 2.52 bits per heavy atom. The summed E-state index contributed by atoms with van der Waals surface area (Å²) in [6.07, 6.45) is 5.13. The summed E-state index contributed by atoms with van der Waals surface area (Å²) < 4.78 is 10.6. The van der Waals surface area contributed by atoms with Crippen molar-refractivity contribution in [2.75, 3.05) is 14.2 Å². The highest BCUT2D eigenvalue weighted by atomic mass is 32.2. The lowest BCUT2D eigenvalue weighted by Gasteiger charge is -2.12. The number of carbonyl (C=O) groups excluding carboxylic acids is 2. The van der Waals surface area contributed by atoms with E-state index in [1.807, 2.05) is 25.1 Å². The van der Waals surface area contributed by atoms with E-state index in [1.54, 1.807) is 26.4 Å². The van der Waals surface area contributed by atoms with E-state index in [9.17, 15) is 9.59 Å². The molecule has 110 valence electrons. The third-order valence-corrected chi connectivity index (χ3v) is 3.80. The van der Waals surface area contributed by atoms with Crippen LogP contribution in [0, 0.1) is 6.92 Å². The van der Waals surface area contributed by atoms with Crippen LogP contribution in [0.15, 0.2) is 29.2 Å². The molecule has 0 saturated carbocycles. The molecule has 0 bridgehead atoms. The molecular formula is C15H15NO4S. The molecule has 1 aliphatic heterocycles. The molecule has 1 heterocycles. The first-order valence-corrected chi connectivity index (χ1v) is 7.01. The number of rotatable bonds is 4. The SMILES string of the molecule is COc1ccc(C=CC=C2SC(=O)NC2=O)c(OC)c1C. The molecule has 1 aliphatic rings. The minimum Gasteiger partial charge on any atom is -0.496 e. The number of thioether (sulfide) groups is 1. The van der Waals surface area contributed by atoms with E-state index >= 15 is 0 Å². The fourth-order valence-electron chi connectivity index (χ4n) is 1.99. The van der Waals surface area contributed by atoms with Crippen molar-refractivity contribution in [3.63, 3.8) is 0 Å². The van der Waals surface area contributed by atoms with Crippen molar-refractivity contribution in [3.05, 3.63) is 40.3 Å². The topological polar surface area (TPSA) is 64.6 Å². The molecule has 0 unspecified atom stereocenters. The van der Waals surface area contributed by atoms with Crippen LogP contribution in [-0.2, 0) is 4.79 Å². The van der Waals surface area contributed by atoms with Crippen LogP contribution in [0.4, 0.5) is 4.79 Å². The average Bonchev–Trinajstić information content (AvgIpc) is 2.77. The number of nitrogens with one attached hydrogen (secondary N) is 1. The molecule has 5 nitrogen and oxygen atoms in total. The Kier molecular flexibility index (Phi) is 4.70. The predicted molar refractivity (Wildman–Crippen MR) is 82.5 cm³/mol. The van der Waals surface area contributed by atoms with Crippen LogP contribution < -0.4 is 14.8 Å². The van der Waals surface area contributed by atoms with E-state index in [2.05, 4.69) is 5.32 Å². The van der Waals surface area contributed by atoms with Gasteiger partial charge < -0.3 is 9.47 Å². The summed E-state index contributed by atoms with van der Waals surface area (Å²) in [5.41, 5.74) is 1.76. The van der Waals surface area contributed by atoms with Crippen molar-refractivity contribution >= 4 is 29.0 Å². The molecule has 2 amide bonds. The van der Waals surface area contributed by atoms with Crippen molar-refractivity contribution in [2.24, 2.45) is 0 Å². The second-order valence-electron chi connectivity index (χ2n) is 4.25. The zero-order valence-corrected chi connectivity index (χ0v) is 12.7. The van der Waals surface area contributed by atoms with Crippen LogP contribution in [0.2, 0.25) is 0 Å². The molecule has 0 atom stereocenters. The quantitative estimate of drug-likeness (QED) is 0.867. The number of allylic oxidation sites excluding steroid dienone is 2. The first-order chi connectivity index (χ1) is 10.1. The van der Waals surface area contributed by atoms with Crippen molar-refractivity contribution in [3.8, 4) is 11.5 Å². The zero-order valence-electron chi connectivity index (χ0n) is 11.9. The third-order valence-electron chi connectivity index (χ3n) is 2.98. The van der Waals surface area contributed by atoms with Gasteiger partial charge >= 0.3 is 0 Å². The summed E-state index contributed by atoms with van der Waals surface area (Å²) in [7, 11) is 3.20. The number of amides is 2. The van der Waals surface area contributed by atoms with Crippen molar-refractivity contribution < 1.29 is 19.1 Å². The normalized spacial score (nSPS) is 16.6. The van der Waals surface area contributed by atoms with E-state index in [1.165, 1.54) is 0 Å². The molecule has 1 fully saturated rings. The molecule has 2 rings (SSSR count). The third kappa shape index (κ3) is 3.28. The Morgan fingerprint density at radius 2 is 1.95 bits per heavy atom. The number of hydrogen-bond acceptors (Lipinski definition) is 5. The van der Waals surface area contributed by atoms with Crippen molar-refractivity contribution in [2.45, 2.75) is 6.92 Å². The van der Waals surface area contributed by atoms with Gasteiger partial charge in [-0.25, -0.2) is 0 Å². The van der Waals surface area contributed by atoms with Crippen LogP contribution >= 0.6 is 11.8 Å². The molecule has 0 aromatic heterocycles. The van der Waals surface area contributed by atoms with Gasteiger partial charge in [0.25, 0.3) is 11.1 Å². The highest BCUT2D eigenvalue weighted by Crippen LogP contribution is 2.32. The summed E-state index contributed by atoms with van der Waals surface area (Å²) >= 11 is 0.887. The minimum atomic E-state index is -0.368. The highest BCUT2D eigenvalue weighted by Gasteiger charge is 2.24. The molecule has 1 N–H and O–H groups in total. The molecule has 0 spiro atoms. The summed E-state index contributed by atoms with van der Waals surface area (Å²) in [5.74, 6) is 1.09. The molecule has 21 heavy (non-hydrogen) atoms. The Labute approximate surface area is 127 Å². The molecule has 1 aromatic rings. The minimum absolute atomic E-state index is 0.350. The Morgan fingerprint density at radius 1 is 1.19 bits per heavy atom. The summed E-state index contributed by atoms with van der Waals surface area (Å²) in [6.45, 7) is 1.91. The Bertz CT molecular complexity index is 649. The van der Waals surface area contributed by atoms with Crippen LogP contribution in [0.5, 0.6) is 11.5 Å². The van der Waals surface area contributed by atoms with E-state index in [4.69, 9.17) is 9.47 Å². The fraction of sp³-hybridized carbons (Fsp3) is 0.200. The second-order valence-corrected chi connectivity index (χ2v) is 5.26. The van der Waals surface area contributed by atoms with E-state index < -0.39 is 0 Å².